The van der Waals surface area contributed by atoms with E-state index in [4.69, 9.17) is 5.11 Å². The normalized spacial score (nSPS) is 10.5. The predicted molar refractivity (Wildman–Crippen MR) is 74.7 cm³/mol. The number of benzene rings is 1. The van der Waals surface area contributed by atoms with Gasteiger partial charge in [-0.3, -0.25) is 9.69 Å². The molecule has 1 N–H and O–H groups in total. The van der Waals surface area contributed by atoms with Crippen LogP contribution in [-0.4, -0.2) is 48.6 Å². The number of aliphatic carboxylic acids is 1. The molecule has 7 heteroatoms. The van der Waals surface area contributed by atoms with Gasteiger partial charge in [0.2, 0.25) is 0 Å². The molecule has 0 aliphatic heterocycles. The lowest BCUT2D eigenvalue weighted by atomic mass is 10.2. The van der Waals surface area contributed by atoms with E-state index in [0.717, 1.165) is 4.90 Å². The van der Waals surface area contributed by atoms with Gasteiger partial charge in [-0.1, -0.05) is 18.2 Å². The monoisotopic (exact) mass is 300 g/mol. The molecule has 1 aromatic rings. The second-order valence-corrected chi connectivity index (χ2v) is 4.54. The molecule has 0 heterocycles. The lowest BCUT2D eigenvalue weighted by molar-refractivity contribution is -0.137. The van der Waals surface area contributed by atoms with Crippen LogP contribution in [0.15, 0.2) is 30.3 Å². The van der Waals surface area contributed by atoms with E-state index in [2.05, 4.69) is 0 Å². The number of carboxylic acids is 1. The topological polar surface area (TPSA) is 60.9 Å². The molecule has 5 nitrogen and oxygen atoms in total. The Balaban J connectivity index is 2.80. The summed E-state index contributed by atoms with van der Waals surface area (Å²) in [5.41, 5.74) is 0.550. The fraction of sp³-hybridized carbons (Fsp3) is 0.429. The minimum absolute atomic E-state index is 0.0881. The van der Waals surface area contributed by atoms with E-state index in [9.17, 15) is 18.4 Å². The van der Waals surface area contributed by atoms with Crippen LogP contribution in [0.1, 0.15) is 12.8 Å². The average molecular weight is 300 g/mol. The number of amides is 2. The van der Waals surface area contributed by atoms with E-state index in [1.54, 1.807) is 30.3 Å². The highest BCUT2D eigenvalue weighted by molar-refractivity contribution is 5.91. The van der Waals surface area contributed by atoms with Crippen molar-refractivity contribution in [2.75, 3.05) is 25.0 Å². The molecule has 2 amide bonds. The number of hydrogen-bond donors (Lipinski definition) is 1. The van der Waals surface area contributed by atoms with Gasteiger partial charge < -0.3 is 10.0 Å². The Bertz CT molecular complexity index is 469. The summed E-state index contributed by atoms with van der Waals surface area (Å²) < 4.78 is 24.8. The maximum Gasteiger partial charge on any atom is 0.324 e. The zero-order chi connectivity index (χ0) is 15.8. The highest BCUT2D eigenvalue weighted by Gasteiger charge is 2.21. The Labute approximate surface area is 121 Å². The highest BCUT2D eigenvalue weighted by atomic mass is 19.3. The second kappa shape index (κ2) is 8.18. The lowest BCUT2D eigenvalue weighted by Crippen LogP contribution is -2.43. The zero-order valence-corrected chi connectivity index (χ0v) is 11.7. The zero-order valence-electron chi connectivity index (χ0n) is 11.7. The summed E-state index contributed by atoms with van der Waals surface area (Å²) in [6.07, 6.45) is -2.45. The molecule has 1 rings (SSSR count). The minimum atomic E-state index is -2.62. The molecule has 21 heavy (non-hydrogen) atoms. The third-order valence-electron chi connectivity index (χ3n) is 2.81. The molecule has 0 saturated carbocycles. The van der Waals surface area contributed by atoms with E-state index in [0.29, 0.717) is 5.69 Å². The third-order valence-corrected chi connectivity index (χ3v) is 2.81. The molecule has 0 bridgehead atoms. The maximum absolute atomic E-state index is 12.4. The highest BCUT2D eigenvalue weighted by Crippen LogP contribution is 2.16. The van der Waals surface area contributed by atoms with Gasteiger partial charge in [0.25, 0.3) is 6.43 Å². The number of carbonyl (C=O) groups is 2. The SMILES string of the molecule is CN(CC(F)F)C(=O)N(CCCC(=O)O)c1ccccc1. The van der Waals surface area contributed by atoms with Crippen molar-refractivity contribution in [2.24, 2.45) is 0 Å². The first-order valence-corrected chi connectivity index (χ1v) is 6.49. The van der Waals surface area contributed by atoms with Gasteiger partial charge in [0, 0.05) is 25.7 Å². The van der Waals surface area contributed by atoms with E-state index in [1.807, 2.05) is 0 Å². The minimum Gasteiger partial charge on any atom is -0.481 e. The Morgan fingerprint density at radius 2 is 1.86 bits per heavy atom. The van der Waals surface area contributed by atoms with Gasteiger partial charge in [-0.25, -0.2) is 13.6 Å². The van der Waals surface area contributed by atoms with Crippen molar-refractivity contribution in [2.45, 2.75) is 19.3 Å². The summed E-state index contributed by atoms with van der Waals surface area (Å²) in [7, 11) is 1.29. The standard InChI is InChI=1S/C14H18F2N2O3/c1-17(10-12(15)16)14(21)18(9-5-8-13(19)20)11-6-3-2-4-7-11/h2-4,6-7,12H,5,8-10H2,1H3,(H,19,20). The van der Waals surface area contributed by atoms with E-state index >= 15 is 0 Å². The number of halogens is 2. The quantitative estimate of drug-likeness (QED) is 0.842. The van der Waals surface area contributed by atoms with Crippen molar-refractivity contribution >= 4 is 17.7 Å². The molecule has 0 atom stereocenters. The van der Waals surface area contributed by atoms with Crippen LogP contribution in [-0.2, 0) is 4.79 Å². The first-order chi connectivity index (χ1) is 9.91. The Kier molecular flexibility index (Phi) is 6.58. The van der Waals surface area contributed by atoms with Gasteiger partial charge in [0.05, 0.1) is 6.54 Å². The van der Waals surface area contributed by atoms with Crippen molar-refractivity contribution in [3.63, 3.8) is 0 Å². The maximum atomic E-state index is 12.4. The predicted octanol–water partition coefficient (Wildman–Crippen LogP) is 2.67. The molecule has 1 aromatic carbocycles. The van der Waals surface area contributed by atoms with Gasteiger partial charge in [-0.05, 0) is 18.6 Å². The smallest absolute Gasteiger partial charge is 0.324 e. The number of nitrogens with zero attached hydrogens (tertiary/aromatic N) is 2. The summed E-state index contributed by atoms with van der Waals surface area (Å²) in [6.45, 7) is -0.510. The summed E-state index contributed by atoms with van der Waals surface area (Å²) in [6, 6.07) is 7.99. The fourth-order valence-corrected chi connectivity index (χ4v) is 1.82. The van der Waals surface area contributed by atoms with Crippen LogP contribution in [0.2, 0.25) is 0 Å². The molecular formula is C14H18F2N2O3. The molecule has 0 aromatic heterocycles. The van der Waals surface area contributed by atoms with E-state index in [-0.39, 0.29) is 19.4 Å². The van der Waals surface area contributed by atoms with Crippen molar-refractivity contribution in [1.82, 2.24) is 4.90 Å². The largest absolute Gasteiger partial charge is 0.481 e. The van der Waals surface area contributed by atoms with E-state index in [1.165, 1.54) is 11.9 Å². The molecule has 0 saturated heterocycles. The summed E-state index contributed by atoms with van der Waals surface area (Å²) >= 11 is 0. The first kappa shape index (κ1) is 16.9. The number of anilines is 1. The van der Waals surface area contributed by atoms with Crippen LogP contribution < -0.4 is 4.90 Å². The molecule has 0 fully saturated rings. The third kappa shape index (κ3) is 5.76. The summed E-state index contributed by atoms with van der Waals surface area (Å²) in [5.74, 6) is -0.962. The summed E-state index contributed by atoms with van der Waals surface area (Å²) in [5, 5.41) is 8.65. The molecule has 0 unspecified atom stereocenters. The van der Waals surface area contributed by atoms with Gasteiger partial charge in [0.15, 0.2) is 0 Å². The van der Waals surface area contributed by atoms with E-state index < -0.39 is 25.0 Å². The number of rotatable bonds is 7. The average Bonchev–Trinajstić information content (AvgIpc) is 2.43. The summed E-state index contributed by atoms with van der Waals surface area (Å²) in [4.78, 5) is 25.0. The molecule has 0 aliphatic rings. The van der Waals surface area contributed by atoms with Gasteiger partial charge in [-0.2, -0.15) is 0 Å². The van der Waals surface area contributed by atoms with Gasteiger partial charge in [0.1, 0.15) is 0 Å². The fourth-order valence-electron chi connectivity index (χ4n) is 1.82. The molecule has 116 valence electrons. The Hall–Kier alpha value is -2.18. The first-order valence-electron chi connectivity index (χ1n) is 6.49. The molecule has 0 radical (unpaired) electrons. The van der Waals surface area contributed by atoms with Gasteiger partial charge >= 0.3 is 12.0 Å². The molecular weight excluding hydrogens is 282 g/mol. The molecule has 0 spiro atoms. The van der Waals surface area contributed by atoms with Crippen molar-refractivity contribution < 1.29 is 23.5 Å². The van der Waals surface area contributed by atoms with Crippen LogP contribution >= 0.6 is 0 Å². The van der Waals surface area contributed by atoms with Crippen LogP contribution in [0, 0.1) is 0 Å². The number of para-hydroxylation sites is 1. The number of alkyl halides is 2. The van der Waals surface area contributed by atoms with Crippen molar-refractivity contribution in [3.8, 4) is 0 Å². The molecule has 0 aliphatic carbocycles. The number of carboxylic acid groups (broad SMARTS) is 1. The lowest BCUT2D eigenvalue weighted by Gasteiger charge is -2.28. The van der Waals surface area contributed by atoms with Crippen LogP contribution in [0.3, 0.4) is 0 Å². The van der Waals surface area contributed by atoms with Gasteiger partial charge in [-0.15, -0.1) is 0 Å². The second-order valence-electron chi connectivity index (χ2n) is 4.54. The Morgan fingerprint density at radius 1 is 1.24 bits per heavy atom. The Morgan fingerprint density at radius 3 is 2.38 bits per heavy atom. The van der Waals surface area contributed by atoms with Crippen LogP contribution in [0.5, 0.6) is 0 Å². The van der Waals surface area contributed by atoms with Crippen molar-refractivity contribution in [1.29, 1.82) is 0 Å². The number of carbonyl (C=O) groups excluding carboxylic acids is 1. The van der Waals surface area contributed by atoms with Crippen molar-refractivity contribution in [3.05, 3.63) is 30.3 Å². The van der Waals surface area contributed by atoms with Crippen LogP contribution in [0.25, 0.3) is 0 Å². The number of urea groups is 1. The number of hydrogen-bond acceptors (Lipinski definition) is 2. The van der Waals surface area contributed by atoms with Crippen LogP contribution in [0.4, 0.5) is 19.3 Å².